The molecular formula is C19H21N3O3. The molecule has 0 bridgehead atoms. The van der Waals surface area contributed by atoms with E-state index in [0.717, 1.165) is 49.4 Å². The summed E-state index contributed by atoms with van der Waals surface area (Å²) in [7, 11) is 0. The molecule has 3 atom stereocenters. The number of fused-ring (bicyclic) bond motifs is 1. The lowest BCUT2D eigenvalue weighted by Gasteiger charge is -2.26. The number of amides is 1. The zero-order valence-electron chi connectivity index (χ0n) is 14.2. The third kappa shape index (κ3) is 2.42. The molecule has 6 nitrogen and oxygen atoms in total. The molecule has 2 aromatic rings. The van der Waals surface area contributed by atoms with E-state index >= 15 is 0 Å². The van der Waals surface area contributed by atoms with Crippen molar-refractivity contribution in [3.63, 3.8) is 0 Å². The predicted molar refractivity (Wildman–Crippen MR) is 89.2 cm³/mol. The van der Waals surface area contributed by atoms with E-state index in [2.05, 4.69) is 17.1 Å². The number of likely N-dealkylation sites (tertiary alicyclic amines) is 1. The van der Waals surface area contributed by atoms with Crippen molar-refractivity contribution in [1.82, 2.24) is 15.0 Å². The summed E-state index contributed by atoms with van der Waals surface area (Å²) in [6, 6.07) is 7.80. The Morgan fingerprint density at radius 3 is 2.88 bits per heavy atom. The lowest BCUT2D eigenvalue weighted by atomic mass is 9.96. The maximum Gasteiger partial charge on any atom is 0.264 e. The molecule has 5 rings (SSSR count). The summed E-state index contributed by atoms with van der Waals surface area (Å²) < 4.78 is 11.4. The van der Waals surface area contributed by atoms with Gasteiger partial charge in [0.25, 0.3) is 5.91 Å². The highest BCUT2D eigenvalue weighted by Crippen LogP contribution is 2.42. The second kappa shape index (κ2) is 5.58. The number of hydrogen-bond donors (Lipinski definition) is 0. The minimum atomic E-state index is -0.465. The fourth-order valence-electron chi connectivity index (χ4n) is 3.97. The monoisotopic (exact) mass is 339 g/mol. The summed E-state index contributed by atoms with van der Waals surface area (Å²) in [5, 5.41) is 4.16. The van der Waals surface area contributed by atoms with Crippen LogP contribution in [0.1, 0.15) is 67.8 Å². The van der Waals surface area contributed by atoms with E-state index in [0.29, 0.717) is 11.7 Å². The normalized spacial score (nSPS) is 28.0. The van der Waals surface area contributed by atoms with E-state index in [1.165, 1.54) is 0 Å². The molecular weight excluding hydrogens is 318 g/mol. The molecule has 1 aromatic carbocycles. The van der Waals surface area contributed by atoms with Gasteiger partial charge in [0.1, 0.15) is 5.75 Å². The van der Waals surface area contributed by atoms with Gasteiger partial charge in [0.05, 0.1) is 6.04 Å². The molecule has 0 radical (unpaired) electrons. The van der Waals surface area contributed by atoms with E-state index in [1.54, 1.807) is 0 Å². The van der Waals surface area contributed by atoms with E-state index in [4.69, 9.17) is 9.26 Å². The number of carbonyl (C=O) groups is 1. The molecule has 1 amide bonds. The predicted octanol–water partition coefficient (Wildman–Crippen LogP) is 3.18. The van der Waals surface area contributed by atoms with Gasteiger partial charge in [-0.3, -0.25) is 4.79 Å². The van der Waals surface area contributed by atoms with Crippen LogP contribution in [0.3, 0.4) is 0 Å². The Balaban J connectivity index is 1.37. The molecule has 2 aliphatic heterocycles. The van der Waals surface area contributed by atoms with Crippen LogP contribution in [0.15, 0.2) is 28.8 Å². The third-order valence-corrected chi connectivity index (χ3v) is 5.58. The average Bonchev–Trinajstić information content (AvgIpc) is 3.07. The first-order valence-electron chi connectivity index (χ1n) is 9.12. The van der Waals surface area contributed by atoms with Gasteiger partial charge in [-0.1, -0.05) is 30.3 Å². The summed E-state index contributed by atoms with van der Waals surface area (Å²) >= 11 is 0. The van der Waals surface area contributed by atoms with E-state index in [1.807, 2.05) is 29.2 Å². The highest BCUT2D eigenvalue weighted by Gasteiger charge is 2.43. The van der Waals surface area contributed by atoms with Gasteiger partial charge >= 0.3 is 0 Å². The Labute approximate surface area is 146 Å². The summed E-state index contributed by atoms with van der Waals surface area (Å²) in [6.07, 6.45) is 3.62. The maximum absolute atomic E-state index is 13.2. The molecule has 3 unspecified atom stereocenters. The fraction of sp³-hybridized carbons (Fsp3) is 0.526. The van der Waals surface area contributed by atoms with Crippen molar-refractivity contribution in [2.45, 2.75) is 56.6 Å². The molecule has 130 valence electrons. The second-order valence-electron chi connectivity index (χ2n) is 7.32. The smallest absolute Gasteiger partial charge is 0.264 e. The van der Waals surface area contributed by atoms with Crippen molar-refractivity contribution < 1.29 is 14.1 Å². The van der Waals surface area contributed by atoms with Gasteiger partial charge in [0, 0.05) is 23.9 Å². The summed E-state index contributed by atoms with van der Waals surface area (Å²) in [5.41, 5.74) is 1.10. The average molecular weight is 339 g/mol. The van der Waals surface area contributed by atoms with Gasteiger partial charge in [-0.15, -0.1) is 0 Å². The molecule has 3 aliphatic rings. The Kier molecular flexibility index (Phi) is 3.33. The van der Waals surface area contributed by atoms with Crippen molar-refractivity contribution in [3.05, 3.63) is 41.5 Å². The summed E-state index contributed by atoms with van der Waals surface area (Å²) in [6.45, 7) is 2.78. The summed E-state index contributed by atoms with van der Waals surface area (Å²) in [5.74, 6) is 2.71. The molecule has 3 heterocycles. The van der Waals surface area contributed by atoms with E-state index < -0.39 is 6.10 Å². The minimum absolute atomic E-state index is 0.0315. The standard InChI is InChI=1S/C19H21N3O3/c1-11-13-5-2-3-7-15(13)24-16(11)19(23)22-10-4-6-14(22)17-20-18(25-21-17)12-8-9-12/h2-3,5,7,11-12,14,16H,4,6,8-10H2,1H3. The second-order valence-corrected chi connectivity index (χ2v) is 7.32. The number of benzene rings is 1. The lowest BCUT2D eigenvalue weighted by molar-refractivity contribution is -0.139. The van der Waals surface area contributed by atoms with Crippen molar-refractivity contribution in [1.29, 1.82) is 0 Å². The molecule has 1 saturated heterocycles. The number of hydrogen-bond acceptors (Lipinski definition) is 5. The minimum Gasteiger partial charge on any atom is -0.480 e. The number of nitrogens with zero attached hydrogens (tertiary/aromatic N) is 3. The fourth-order valence-corrected chi connectivity index (χ4v) is 3.97. The van der Waals surface area contributed by atoms with Crippen LogP contribution in [0.2, 0.25) is 0 Å². The van der Waals surface area contributed by atoms with Crippen molar-refractivity contribution in [3.8, 4) is 5.75 Å². The van der Waals surface area contributed by atoms with Crippen molar-refractivity contribution in [2.24, 2.45) is 0 Å². The number of para-hydroxylation sites is 1. The van der Waals surface area contributed by atoms with Crippen LogP contribution in [-0.4, -0.2) is 33.6 Å². The zero-order valence-corrected chi connectivity index (χ0v) is 14.2. The molecule has 1 aromatic heterocycles. The molecule has 25 heavy (non-hydrogen) atoms. The van der Waals surface area contributed by atoms with E-state index in [9.17, 15) is 4.79 Å². The SMILES string of the molecule is CC1c2ccccc2OC1C(=O)N1CCCC1c1noc(C2CC2)n1. The Hall–Kier alpha value is -2.37. The number of carbonyl (C=O) groups excluding carboxylic acids is 1. The van der Waals surface area contributed by atoms with Gasteiger partial charge < -0.3 is 14.2 Å². The number of aromatic nitrogens is 2. The molecule has 2 fully saturated rings. The first-order valence-corrected chi connectivity index (χ1v) is 9.12. The largest absolute Gasteiger partial charge is 0.480 e. The van der Waals surface area contributed by atoms with Crippen molar-refractivity contribution >= 4 is 5.91 Å². The van der Waals surface area contributed by atoms with Crippen LogP contribution in [0.5, 0.6) is 5.75 Å². The van der Waals surface area contributed by atoms with Crippen LogP contribution in [-0.2, 0) is 4.79 Å². The number of ether oxygens (including phenoxy) is 1. The zero-order chi connectivity index (χ0) is 17.0. The van der Waals surface area contributed by atoms with Crippen LogP contribution in [0.4, 0.5) is 0 Å². The van der Waals surface area contributed by atoms with Gasteiger partial charge in [-0.25, -0.2) is 0 Å². The summed E-state index contributed by atoms with van der Waals surface area (Å²) in [4.78, 5) is 19.6. The quantitative estimate of drug-likeness (QED) is 0.859. The lowest BCUT2D eigenvalue weighted by Crippen LogP contribution is -2.42. The van der Waals surface area contributed by atoms with Gasteiger partial charge in [-0.2, -0.15) is 4.98 Å². The molecule has 0 spiro atoms. The Bertz CT molecular complexity index is 814. The first kappa shape index (κ1) is 14.9. The van der Waals surface area contributed by atoms with E-state index in [-0.39, 0.29) is 17.9 Å². The molecule has 1 aliphatic carbocycles. The topological polar surface area (TPSA) is 68.5 Å². The highest BCUT2D eigenvalue weighted by molar-refractivity contribution is 5.84. The van der Waals surface area contributed by atoms with Gasteiger partial charge in [0.15, 0.2) is 11.9 Å². The maximum atomic E-state index is 13.2. The van der Waals surface area contributed by atoms with Crippen LogP contribution < -0.4 is 4.74 Å². The molecule has 6 heteroatoms. The molecule has 1 saturated carbocycles. The Morgan fingerprint density at radius 2 is 2.08 bits per heavy atom. The third-order valence-electron chi connectivity index (χ3n) is 5.58. The highest BCUT2D eigenvalue weighted by atomic mass is 16.5. The van der Waals surface area contributed by atoms with Crippen LogP contribution in [0.25, 0.3) is 0 Å². The van der Waals surface area contributed by atoms with Crippen molar-refractivity contribution in [2.75, 3.05) is 6.54 Å². The van der Waals surface area contributed by atoms with Gasteiger partial charge in [-0.05, 0) is 31.7 Å². The Morgan fingerprint density at radius 1 is 1.24 bits per heavy atom. The number of rotatable bonds is 3. The molecule has 0 N–H and O–H groups in total. The van der Waals surface area contributed by atoms with Crippen LogP contribution in [0, 0.1) is 0 Å². The first-order chi connectivity index (χ1) is 12.2. The van der Waals surface area contributed by atoms with Crippen LogP contribution >= 0.6 is 0 Å². The van der Waals surface area contributed by atoms with Gasteiger partial charge in [0.2, 0.25) is 5.89 Å².